The molecule has 3 nitrogen and oxygen atoms in total. The number of phenols is 1. The van der Waals surface area contributed by atoms with Gasteiger partial charge in [0.2, 0.25) is 0 Å². The molecule has 0 spiro atoms. The van der Waals surface area contributed by atoms with Crippen LogP contribution in [0, 0.1) is 0 Å². The van der Waals surface area contributed by atoms with Gasteiger partial charge < -0.3 is 15.8 Å². The minimum absolute atomic E-state index is 0. The Morgan fingerprint density at radius 2 is 1.65 bits per heavy atom. The zero-order chi connectivity index (χ0) is 14.0. The third-order valence-electron chi connectivity index (χ3n) is 3.16. The van der Waals surface area contributed by atoms with Gasteiger partial charge in [-0.25, -0.2) is 0 Å². The average Bonchev–Trinajstić information content (AvgIpc) is 2.37. The van der Waals surface area contributed by atoms with Crippen molar-refractivity contribution in [2.24, 2.45) is 5.11 Å². The third kappa shape index (κ3) is 2.64. The first-order valence-electron chi connectivity index (χ1n) is 6.21. The monoisotopic (exact) mass is 520 g/mol. The van der Waals surface area contributed by atoms with Crippen molar-refractivity contribution in [3.05, 3.63) is 53.6 Å². The topological polar surface area (TPSA) is 54.9 Å². The van der Waals surface area contributed by atoms with Crippen LogP contribution >= 0.6 is 0 Å². The maximum atomic E-state index is 9.95. The molecule has 2 aromatic carbocycles. The van der Waals surface area contributed by atoms with Crippen molar-refractivity contribution in [1.29, 1.82) is 0 Å². The molecule has 0 aromatic heterocycles. The van der Waals surface area contributed by atoms with E-state index in [0.29, 0.717) is 11.3 Å². The average molecular weight is 520 g/mol. The first kappa shape index (κ1) is 14.9. The Labute approximate surface area is 113 Å². The molecule has 0 saturated heterocycles. The molecule has 1 N–H and O–H groups in total. The molecule has 4 heteroatoms. The van der Waals surface area contributed by atoms with Gasteiger partial charge in [0.15, 0.2) is 0 Å². The molecular weight excluding hydrogens is 503 g/mol. The van der Waals surface area contributed by atoms with Crippen molar-refractivity contribution in [3.63, 3.8) is 0 Å². The molecule has 0 bridgehead atoms. The van der Waals surface area contributed by atoms with Crippen LogP contribution < -0.4 is 0 Å². The first-order chi connectivity index (χ1) is 8.93. The van der Waals surface area contributed by atoms with Crippen LogP contribution in [0.2, 0.25) is 0 Å². The van der Waals surface area contributed by atoms with Gasteiger partial charge in [-0.1, -0.05) is 45.0 Å². The van der Waals surface area contributed by atoms with E-state index >= 15 is 0 Å². The quantitative estimate of drug-likeness (QED) is 0.557. The van der Waals surface area contributed by atoms with Gasteiger partial charge >= 0.3 is 0 Å². The van der Waals surface area contributed by atoms with Crippen LogP contribution in [-0.2, 0) is 5.41 Å². The molecule has 2 aromatic rings. The van der Waals surface area contributed by atoms with Crippen molar-refractivity contribution in [2.45, 2.75) is 26.2 Å². The van der Waals surface area contributed by atoms with Crippen LogP contribution in [0.4, 0.5) is 5.69 Å². The standard InChI is InChI=1S/C16H17N2O.Rf/c1-16(2,3)11-8-9-14(18-17)13(10-11)12-6-4-5-7-15(12)19;/h4-10,19H,1-3H3;/q-1;. The Morgan fingerprint density at radius 3 is 2.20 bits per heavy atom. The minimum atomic E-state index is -0.00681. The van der Waals surface area contributed by atoms with Gasteiger partial charge in [-0.05, 0) is 29.2 Å². The van der Waals surface area contributed by atoms with E-state index in [1.807, 2.05) is 24.3 Å². The van der Waals surface area contributed by atoms with Gasteiger partial charge in [0, 0.05) is 16.8 Å². The van der Waals surface area contributed by atoms with Crippen molar-refractivity contribution in [3.8, 4) is 16.9 Å². The molecule has 20 heavy (non-hydrogen) atoms. The normalized spacial score (nSPS) is 10.8. The first-order valence-corrected chi connectivity index (χ1v) is 6.21. The molecule has 2 rings (SSSR count). The number of rotatable bonds is 2. The molecule has 0 saturated carbocycles. The molecular formula is C16H17N2ORf-. The molecule has 0 aliphatic heterocycles. The molecule has 0 radical (unpaired) electrons. The predicted molar refractivity (Wildman–Crippen MR) is 77.7 cm³/mol. The van der Waals surface area contributed by atoms with E-state index in [2.05, 4.69) is 25.9 Å². The second kappa shape index (κ2) is 5.22. The number of phenolic OH excluding ortho intramolecular Hbond substituents is 1. The van der Waals surface area contributed by atoms with E-state index in [0.717, 1.165) is 11.1 Å². The van der Waals surface area contributed by atoms with Gasteiger partial charge in [-0.15, -0.1) is 0 Å². The fourth-order valence-corrected chi connectivity index (χ4v) is 2.01. The largest absolute Gasteiger partial charge is 0.706 e. The van der Waals surface area contributed by atoms with Gasteiger partial charge in [0.1, 0.15) is 5.75 Å². The van der Waals surface area contributed by atoms with E-state index in [9.17, 15) is 5.11 Å². The molecule has 0 atom stereocenters. The van der Waals surface area contributed by atoms with E-state index < -0.39 is 0 Å². The zero-order valence-corrected chi connectivity index (χ0v) is 18.5. The van der Waals surface area contributed by atoms with Crippen LogP contribution in [0.5, 0.6) is 5.75 Å². The summed E-state index contributed by atoms with van der Waals surface area (Å²) in [6.45, 7) is 6.35. The van der Waals surface area contributed by atoms with Crippen LogP contribution in [0.1, 0.15) is 26.3 Å². The van der Waals surface area contributed by atoms with Crippen molar-refractivity contribution in [1.82, 2.24) is 0 Å². The number of aromatic hydroxyl groups is 1. The van der Waals surface area contributed by atoms with Crippen molar-refractivity contribution in [2.75, 3.05) is 0 Å². The number of hydrogen-bond donors (Lipinski definition) is 1. The van der Waals surface area contributed by atoms with Crippen LogP contribution in [0.25, 0.3) is 16.7 Å². The summed E-state index contributed by atoms with van der Waals surface area (Å²) >= 11 is 0. The van der Waals surface area contributed by atoms with Gasteiger partial charge in [0.25, 0.3) is 0 Å². The number of benzene rings is 2. The Bertz CT molecular complexity index is 618. The Hall–Kier alpha value is -3.16. The second-order valence-electron chi connectivity index (χ2n) is 5.60. The Balaban J connectivity index is 0.00000200. The van der Waals surface area contributed by atoms with Crippen LogP contribution in [-0.4, -0.2) is 5.11 Å². The van der Waals surface area contributed by atoms with E-state index in [1.54, 1.807) is 18.2 Å². The van der Waals surface area contributed by atoms with Gasteiger partial charge in [-0.2, -0.15) is 0 Å². The Morgan fingerprint density at radius 1 is 1.00 bits per heavy atom. The third-order valence-corrected chi connectivity index (χ3v) is 3.16. The molecule has 0 aliphatic carbocycles. The van der Waals surface area contributed by atoms with Crippen molar-refractivity contribution >= 4 is 5.69 Å². The smallest absolute Gasteiger partial charge is 0.123 e. The molecule has 0 aliphatic rings. The van der Waals surface area contributed by atoms with E-state index in [1.165, 1.54) is 0 Å². The molecule has 0 fully saturated rings. The van der Waals surface area contributed by atoms with Crippen molar-refractivity contribution < 1.29 is 5.11 Å². The van der Waals surface area contributed by atoms with Gasteiger partial charge in [-0.3, -0.25) is 0 Å². The fraction of sp³-hybridized carbons (Fsp3) is 0.250. The van der Waals surface area contributed by atoms with Crippen LogP contribution in [0.15, 0.2) is 47.6 Å². The summed E-state index contributed by atoms with van der Waals surface area (Å²) in [5.41, 5.74) is 12.1. The summed E-state index contributed by atoms with van der Waals surface area (Å²) in [6, 6.07) is 12.7. The molecule has 0 unspecified atom stereocenters. The molecule has 0 amide bonds. The molecule has 0 heterocycles. The zero-order valence-electron chi connectivity index (χ0n) is 12.1. The van der Waals surface area contributed by atoms with Crippen LogP contribution in [0.3, 0.4) is 0 Å². The maximum Gasteiger partial charge on any atom is 0.123 e. The summed E-state index contributed by atoms with van der Waals surface area (Å²) in [5.74, 6) is 0.179. The van der Waals surface area contributed by atoms with Gasteiger partial charge in [0.05, 0.1) is 0 Å². The SMILES string of the molecule is CC(C)(C)c1ccc(N=[N-])c(-c2ccccc2O)c1.[Rf]. The Kier molecular flexibility index (Phi) is 3.89. The van der Waals surface area contributed by atoms with E-state index in [-0.39, 0.29) is 11.2 Å². The van der Waals surface area contributed by atoms with E-state index in [4.69, 9.17) is 5.53 Å². The fourth-order valence-electron chi connectivity index (χ4n) is 2.01. The second-order valence-corrected chi connectivity index (χ2v) is 5.60. The minimum Gasteiger partial charge on any atom is -0.706 e. The summed E-state index contributed by atoms with van der Waals surface area (Å²) in [5, 5.41) is 13.3. The number of hydrogen-bond acceptors (Lipinski definition) is 2. The number of para-hydroxylation sites is 1. The summed E-state index contributed by atoms with van der Waals surface area (Å²) in [7, 11) is 0. The predicted octanol–water partition coefficient (Wildman–Crippen LogP) is 5.01. The maximum absolute atomic E-state index is 9.95. The summed E-state index contributed by atoms with van der Waals surface area (Å²) < 4.78 is 0. The summed E-state index contributed by atoms with van der Waals surface area (Å²) in [4.78, 5) is 0. The number of nitrogens with zero attached hydrogens (tertiary/aromatic N) is 2. The summed E-state index contributed by atoms with van der Waals surface area (Å²) in [6.07, 6.45) is 0. The molecule has 100 valence electrons.